The van der Waals surface area contributed by atoms with Crippen LogP contribution in [0.25, 0.3) is 0 Å². The molecule has 2 atom stereocenters. The number of hydrogen-bond donors (Lipinski definition) is 1. The predicted molar refractivity (Wildman–Crippen MR) is 89.3 cm³/mol. The molecule has 138 valence electrons. The molecule has 2 heterocycles. The zero-order valence-corrected chi connectivity index (χ0v) is 14.8. The number of ether oxygens (including phenoxy) is 1. The van der Waals surface area contributed by atoms with E-state index >= 15 is 0 Å². The van der Waals surface area contributed by atoms with Crippen LogP contribution in [0, 0.1) is 0 Å². The third kappa shape index (κ3) is 4.88. The minimum atomic E-state index is -3.19. The Labute approximate surface area is 146 Å². The number of sulfone groups is 1. The second-order valence-electron chi connectivity index (χ2n) is 5.92. The van der Waals surface area contributed by atoms with E-state index in [0.717, 1.165) is 5.01 Å². The molecule has 9 nitrogen and oxygen atoms in total. The Balaban J connectivity index is 2.04. The molecule has 0 aromatic heterocycles. The topological polar surface area (TPSA) is 122 Å². The van der Waals surface area contributed by atoms with Crippen molar-refractivity contribution in [2.45, 2.75) is 38.3 Å². The lowest BCUT2D eigenvalue weighted by atomic mass is 10.1. The molecule has 0 aromatic carbocycles. The van der Waals surface area contributed by atoms with Crippen LogP contribution in [-0.2, 0) is 29.0 Å². The SMILES string of the molecule is C=CCNC(=O)[C@@H](C)OC(=O)C1=NN([C@H]2CCS(=O)(=O)C2)C(=O)CC1. The van der Waals surface area contributed by atoms with Crippen molar-refractivity contribution >= 4 is 33.3 Å². The van der Waals surface area contributed by atoms with E-state index in [4.69, 9.17) is 4.74 Å². The van der Waals surface area contributed by atoms with Gasteiger partial charge >= 0.3 is 5.97 Å². The van der Waals surface area contributed by atoms with Crippen molar-refractivity contribution < 1.29 is 27.5 Å². The number of carbonyl (C=O) groups excluding carboxylic acids is 3. The van der Waals surface area contributed by atoms with E-state index in [1.807, 2.05) is 0 Å². The van der Waals surface area contributed by atoms with Crippen LogP contribution in [0.5, 0.6) is 0 Å². The van der Waals surface area contributed by atoms with Gasteiger partial charge in [-0.1, -0.05) is 6.08 Å². The number of amides is 2. The fraction of sp³-hybridized carbons (Fsp3) is 0.600. The van der Waals surface area contributed by atoms with Crippen molar-refractivity contribution in [2.75, 3.05) is 18.1 Å². The van der Waals surface area contributed by atoms with Gasteiger partial charge in [-0.05, 0) is 13.3 Å². The van der Waals surface area contributed by atoms with Crippen LogP contribution in [0.2, 0.25) is 0 Å². The predicted octanol–water partition coefficient (Wildman–Crippen LogP) is -0.614. The fourth-order valence-electron chi connectivity index (χ4n) is 2.57. The Hall–Kier alpha value is -2.23. The largest absolute Gasteiger partial charge is 0.448 e. The van der Waals surface area contributed by atoms with Crippen molar-refractivity contribution in [3.8, 4) is 0 Å². The summed E-state index contributed by atoms with van der Waals surface area (Å²) in [5.41, 5.74) is 0.00673. The van der Waals surface area contributed by atoms with E-state index < -0.39 is 33.9 Å². The van der Waals surface area contributed by atoms with Gasteiger partial charge in [0.05, 0.1) is 17.5 Å². The maximum absolute atomic E-state index is 12.2. The molecule has 0 radical (unpaired) electrons. The monoisotopic (exact) mass is 371 g/mol. The standard InChI is InChI=1S/C15H21N3O6S/c1-3-7-16-14(20)10(2)24-15(21)12-4-5-13(19)18(17-12)11-6-8-25(22,23)9-11/h3,10-11H,1,4-9H2,2H3,(H,16,20)/t10-,11+/m1/s1. The highest BCUT2D eigenvalue weighted by Gasteiger charge is 2.37. The number of nitrogens with zero attached hydrogens (tertiary/aromatic N) is 2. The van der Waals surface area contributed by atoms with Crippen LogP contribution >= 0.6 is 0 Å². The van der Waals surface area contributed by atoms with Crippen LogP contribution in [0.15, 0.2) is 17.8 Å². The number of carbonyl (C=O) groups is 3. The quantitative estimate of drug-likeness (QED) is 0.491. The van der Waals surface area contributed by atoms with E-state index in [-0.39, 0.29) is 42.5 Å². The summed E-state index contributed by atoms with van der Waals surface area (Å²) >= 11 is 0. The first-order valence-electron chi connectivity index (χ1n) is 7.93. The van der Waals surface area contributed by atoms with E-state index in [1.165, 1.54) is 13.0 Å². The molecule has 2 rings (SSSR count). The third-order valence-corrected chi connectivity index (χ3v) is 5.67. The number of rotatable bonds is 6. The van der Waals surface area contributed by atoms with Gasteiger partial charge in [0.25, 0.3) is 5.91 Å². The zero-order chi connectivity index (χ0) is 18.6. The molecule has 25 heavy (non-hydrogen) atoms. The fourth-order valence-corrected chi connectivity index (χ4v) is 4.26. The van der Waals surface area contributed by atoms with E-state index in [0.29, 0.717) is 6.42 Å². The number of esters is 1. The first-order valence-corrected chi connectivity index (χ1v) is 9.75. The molecule has 0 saturated carbocycles. The van der Waals surface area contributed by atoms with Crippen LogP contribution in [-0.4, -0.2) is 67.1 Å². The van der Waals surface area contributed by atoms with Crippen LogP contribution in [0.4, 0.5) is 0 Å². The molecule has 0 bridgehead atoms. The van der Waals surface area contributed by atoms with Gasteiger partial charge in [0, 0.05) is 19.4 Å². The first-order chi connectivity index (χ1) is 11.7. The van der Waals surface area contributed by atoms with E-state index in [2.05, 4.69) is 17.0 Å². The smallest absolute Gasteiger partial charge is 0.355 e. The molecule has 10 heteroatoms. The average Bonchev–Trinajstić information content (AvgIpc) is 2.92. The maximum Gasteiger partial charge on any atom is 0.355 e. The number of nitrogens with one attached hydrogen (secondary N) is 1. The lowest BCUT2D eigenvalue weighted by molar-refractivity contribution is -0.149. The minimum Gasteiger partial charge on any atom is -0.448 e. The van der Waals surface area contributed by atoms with E-state index in [1.54, 1.807) is 0 Å². The van der Waals surface area contributed by atoms with Gasteiger partial charge in [-0.2, -0.15) is 5.10 Å². The van der Waals surface area contributed by atoms with Crippen molar-refractivity contribution in [3.05, 3.63) is 12.7 Å². The minimum absolute atomic E-state index is 0.00272. The van der Waals surface area contributed by atoms with Crippen molar-refractivity contribution in [3.63, 3.8) is 0 Å². The van der Waals surface area contributed by atoms with Gasteiger partial charge in [0.1, 0.15) is 5.71 Å². The summed E-state index contributed by atoms with van der Waals surface area (Å²) < 4.78 is 28.2. The summed E-state index contributed by atoms with van der Waals surface area (Å²) in [6.45, 7) is 5.14. The molecule has 0 spiro atoms. The van der Waals surface area contributed by atoms with Gasteiger partial charge in [-0.15, -0.1) is 6.58 Å². The van der Waals surface area contributed by atoms with Crippen LogP contribution < -0.4 is 5.32 Å². The van der Waals surface area contributed by atoms with Crippen molar-refractivity contribution in [2.24, 2.45) is 5.10 Å². The molecule has 2 aliphatic heterocycles. The molecule has 1 saturated heterocycles. The zero-order valence-electron chi connectivity index (χ0n) is 13.9. The summed E-state index contributed by atoms with van der Waals surface area (Å²) in [5.74, 6) is -1.75. The Morgan fingerprint density at radius 1 is 1.48 bits per heavy atom. The van der Waals surface area contributed by atoms with Gasteiger partial charge < -0.3 is 10.1 Å². The third-order valence-electron chi connectivity index (χ3n) is 3.92. The highest BCUT2D eigenvalue weighted by molar-refractivity contribution is 7.91. The van der Waals surface area contributed by atoms with Crippen molar-refractivity contribution in [1.82, 2.24) is 10.3 Å². The van der Waals surface area contributed by atoms with Gasteiger partial charge in [-0.25, -0.2) is 18.2 Å². The summed E-state index contributed by atoms with van der Waals surface area (Å²) in [5, 5.41) is 7.58. The summed E-state index contributed by atoms with van der Waals surface area (Å²) in [6.07, 6.45) is 0.904. The maximum atomic E-state index is 12.2. The molecule has 0 aromatic rings. The average molecular weight is 371 g/mol. The summed E-state index contributed by atoms with van der Waals surface area (Å²) in [7, 11) is -3.19. The first kappa shape index (κ1) is 19.1. The molecular weight excluding hydrogens is 350 g/mol. The highest BCUT2D eigenvalue weighted by Crippen LogP contribution is 2.22. The Bertz CT molecular complexity index is 715. The van der Waals surface area contributed by atoms with E-state index in [9.17, 15) is 22.8 Å². The molecule has 1 fully saturated rings. The van der Waals surface area contributed by atoms with Crippen molar-refractivity contribution in [1.29, 1.82) is 0 Å². The molecule has 0 aliphatic carbocycles. The highest BCUT2D eigenvalue weighted by atomic mass is 32.2. The Morgan fingerprint density at radius 2 is 2.20 bits per heavy atom. The summed E-state index contributed by atoms with van der Waals surface area (Å²) in [6, 6.07) is -0.561. The Morgan fingerprint density at radius 3 is 2.80 bits per heavy atom. The summed E-state index contributed by atoms with van der Waals surface area (Å²) in [4.78, 5) is 35.9. The second kappa shape index (κ2) is 7.77. The second-order valence-corrected chi connectivity index (χ2v) is 8.15. The lowest BCUT2D eigenvalue weighted by Gasteiger charge is -2.27. The van der Waals surface area contributed by atoms with Gasteiger partial charge in [-0.3, -0.25) is 9.59 Å². The van der Waals surface area contributed by atoms with Gasteiger partial charge in [0.2, 0.25) is 5.91 Å². The molecule has 1 N–H and O–H groups in total. The lowest BCUT2D eigenvalue weighted by Crippen LogP contribution is -2.43. The van der Waals surface area contributed by atoms with Gasteiger partial charge in [0.15, 0.2) is 15.9 Å². The van der Waals surface area contributed by atoms with Crippen LogP contribution in [0.1, 0.15) is 26.2 Å². The molecular formula is C15H21N3O6S. The normalized spacial score (nSPS) is 23.6. The number of hydrogen-bond acceptors (Lipinski definition) is 7. The molecule has 2 amide bonds. The number of hydrazone groups is 1. The Kier molecular flexibility index (Phi) is 5.93. The van der Waals surface area contributed by atoms with Crippen LogP contribution in [0.3, 0.4) is 0 Å². The molecule has 0 unspecified atom stereocenters. The molecule has 2 aliphatic rings.